The van der Waals surface area contributed by atoms with Gasteiger partial charge in [-0.2, -0.15) is 18.1 Å². The number of carbonyl (C=O) groups excluding carboxylic acids is 2. The first-order valence-corrected chi connectivity index (χ1v) is 17.0. The number of hydrogen-bond donors (Lipinski definition) is 0. The standard InChI is InChI=1S/C37H45F3N4O7/c1-23-20-27(44(32(45)50-34(2,3)4)33(46)51-35(5,6)7)28-30-42-43-31(49-30)36(37(38,39)40,47-22-25-14-10-8-11-15-25)19-13-9-12-16-26(21-24-17-18-24)48-29(23)41-28/h8-12,14-15,20,24,26H,13,16-19,21-22H2,1-7H3/t26?,36-/m1/s1. The summed E-state index contributed by atoms with van der Waals surface area (Å²) >= 11 is 0. The molecule has 1 saturated carbocycles. The van der Waals surface area contributed by atoms with Crippen LogP contribution in [0.15, 0.2) is 53.0 Å². The first-order chi connectivity index (χ1) is 23.8. The van der Waals surface area contributed by atoms with Gasteiger partial charge in [-0.1, -0.05) is 55.3 Å². The number of benzene rings is 1. The molecular formula is C37H45F3N4O7. The second-order valence-electron chi connectivity index (χ2n) is 15.0. The van der Waals surface area contributed by atoms with E-state index in [-0.39, 0.29) is 29.8 Å². The summed E-state index contributed by atoms with van der Waals surface area (Å²) in [6, 6.07) is 9.88. The molecule has 51 heavy (non-hydrogen) atoms. The summed E-state index contributed by atoms with van der Waals surface area (Å²) < 4.78 is 75.1. The Morgan fingerprint density at radius 3 is 2.20 bits per heavy atom. The molecule has 11 nitrogen and oxygen atoms in total. The molecule has 2 aliphatic rings. The van der Waals surface area contributed by atoms with Crippen molar-refractivity contribution in [1.82, 2.24) is 15.2 Å². The van der Waals surface area contributed by atoms with Gasteiger partial charge in [0.2, 0.25) is 11.5 Å². The molecule has 2 amide bonds. The first-order valence-electron chi connectivity index (χ1n) is 17.0. The molecule has 2 aromatic heterocycles. The number of pyridine rings is 1. The van der Waals surface area contributed by atoms with Gasteiger partial charge in [-0.3, -0.25) is 0 Å². The van der Waals surface area contributed by atoms with Crippen LogP contribution in [0.1, 0.15) is 97.1 Å². The maximum absolute atomic E-state index is 15.3. The highest BCUT2D eigenvalue weighted by Gasteiger charge is 2.61. The maximum atomic E-state index is 15.3. The van der Waals surface area contributed by atoms with Gasteiger partial charge >= 0.3 is 18.4 Å². The molecule has 0 N–H and O–H groups in total. The summed E-state index contributed by atoms with van der Waals surface area (Å²) in [5, 5.41) is 7.87. The average Bonchev–Trinajstić information content (AvgIpc) is 3.69. The van der Waals surface area contributed by atoms with E-state index in [0.29, 0.717) is 34.8 Å². The number of aromatic nitrogens is 3. The first kappa shape index (κ1) is 37.8. The van der Waals surface area contributed by atoms with Crippen LogP contribution in [0.3, 0.4) is 0 Å². The van der Waals surface area contributed by atoms with E-state index in [0.717, 1.165) is 12.8 Å². The second-order valence-corrected chi connectivity index (χ2v) is 15.0. The molecule has 1 fully saturated rings. The Kier molecular flexibility index (Phi) is 10.9. The number of rotatable bonds is 6. The summed E-state index contributed by atoms with van der Waals surface area (Å²) in [6.07, 6.45) is -1.48. The third kappa shape index (κ3) is 9.46. The zero-order valence-corrected chi connectivity index (χ0v) is 30.0. The van der Waals surface area contributed by atoms with Gasteiger partial charge < -0.3 is 23.4 Å². The van der Waals surface area contributed by atoms with Crippen LogP contribution in [0.2, 0.25) is 0 Å². The van der Waals surface area contributed by atoms with Crippen LogP contribution >= 0.6 is 0 Å². The molecule has 14 heteroatoms. The van der Waals surface area contributed by atoms with Gasteiger partial charge in [0.15, 0.2) is 5.69 Å². The van der Waals surface area contributed by atoms with Crippen LogP contribution in [-0.2, 0) is 26.4 Å². The third-order valence-electron chi connectivity index (χ3n) is 8.10. The van der Waals surface area contributed by atoms with Crippen LogP contribution in [-0.4, -0.2) is 50.9 Å². The van der Waals surface area contributed by atoms with Crippen LogP contribution in [0.25, 0.3) is 11.6 Å². The van der Waals surface area contributed by atoms with Crippen molar-refractivity contribution < 1.29 is 46.1 Å². The fourth-order valence-electron chi connectivity index (χ4n) is 5.49. The number of amides is 2. The molecule has 5 rings (SSSR count). The molecule has 2 atom stereocenters. The largest absolute Gasteiger partial charge is 0.474 e. The second kappa shape index (κ2) is 14.6. The Bertz CT molecular complexity index is 1700. The molecule has 0 radical (unpaired) electrons. The summed E-state index contributed by atoms with van der Waals surface area (Å²) in [5.74, 6) is -0.792. The van der Waals surface area contributed by atoms with Gasteiger partial charge in [-0.25, -0.2) is 14.6 Å². The zero-order chi connectivity index (χ0) is 37.2. The molecule has 1 aliphatic heterocycles. The Morgan fingerprint density at radius 2 is 1.61 bits per heavy atom. The van der Waals surface area contributed by atoms with Crippen molar-refractivity contribution in [2.75, 3.05) is 4.90 Å². The Hall–Kier alpha value is -4.46. The smallest absolute Gasteiger partial charge is 0.426 e. The van der Waals surface area contributed by atoms with Gasteiger partial charge in [-0.05, 0) is 85.3 Å². The van der Waals surface area contributed by atoms with Crippen molar-refractivity contribution in [2.45, 2.75) is 123 Å². The lowest BCUT2D eigenvalue weighted by Crippen LogP contribution is -2.45. The molecule has 276 valence electrons. The predicted molar refractivity (Wildman–Crippen MR) is 181 cm³/mol. The van der Waals surface area contributed by atoms with Gasteiger partial charge in [-0.15, -0.1) is 10.2 Å². The predicted octanol–water partition coefficient (Wildman–Crippen LogP) is 9.38. The molecular weight excluding hydrogens is 669 g/mol. The number of fused-ring (bicyclic) bond motifs is 5. The van der Waals surface area contributed by atoms with Crippen molar-refractivity contribution in [3.05, 3.63) is 65.6 Å². The lowest BCUT2D eigenvalue weighted by Gasteiger charge is -2.32. The summed E-state index contributed by atoms with van der Waals surface area (Å²) in [5.41, 5.74) is -4.67. The number of alkyl halides is 3. The van der Waals surface area contributed by atoms with E-state index in [1.54, 1.807) is 91.0 Å². The molecule has 1 aliphatic carbocycles. The van der Waals surface area contributed by atoms with E-state index in [2.05, 4.69) is 15.2 Å². The van der Waals surface area contributed by atoms with Gasteiger partial charge in [0, 0.05) is 12.0 Å². The zero-order valence-electron chi connectivity index (χ0n) is 30.0. The third-order valence-corrected chi connectivity index (χ3v) is 8.10. The normalized spacial score (nSPS) is 19.8. The molecule has 3 aromatic rings. The highest BCUT2D eigenvalue weighted by atomic mass is 19.4. The van der Waals surface area contributed by atoms with Gasteiger partial charge in [0.25, 0.3) is 11.8 Å². The Labute approximate surface area is 295 Å². The molecule has 3 heterocycles. The quantitative estimate of drug-likeness (QED) is 0.228. The van der Waals surface area contributed by atoms with Crippen molar-refractivity contribution >= 4 is 17.9 Å². The van der Waals surface area contributed by atoms with Crippen LogP contribution < -0.4 is 9.64 Å². The minimum Gasteiger partial charge on any atom is -0.474 e. The summed E-state index contributed by atoms with van der Waals surface area (Å²) in [7, 11) is 0. The van der Waals surface area contributed by atoms with Crippen molar-refractivity contribution in [3.8, 4) is 17.5 Å². The van der Waals surface area contributed by atoms with Crippen LogP contribution in [0.5, 0.6) is 5.88 Å². The van der Waals surface area contributed by atoms with Crippen molar-refractivity contribution in [2.24, 2.45) is 5.92 Å². The van der Waals surface area contributed by atoms with Gasteiger partial charge in [0.1, 0.15) is 17.3 Å². The van der Waals surface area contributed by atoms with Crippen molar-refractivity contribution in [1.29, 1.82) is 0 Å². The Balaban J connectivity index is 1.71. The van der Waals surface area contributed by atoms with Gasteiger partial charge in [0.05, 0.1) is 12.3 Å². The highest BCUT2D eigenvalue weighted by Crippen LogP contribution is 2.47. The summed E-state index contributed by atoms with van der Waals surface area (Å²) in [4.78, 5) is 32.7. The summed E-state index contributed by atoms with van der Waals surface area (Å²) in [6.45, 7) is 11.0. The van der Waals surface area contributed by atoms with E-state index in [1.807, 2.05) is 0 Å². The van der Waals surface area contributed by atoms with E-state index in [1.165, 1.54) is 6.07 Å². The fourth-order valence-corrected chi connectivity index (χ4v) is 5.49. The monoisotopic (exact) mass is 714 g/mol. The van der Waals surface area contributed by atoms with Crippen molar-refractivity contribution in [3.63, 3.8) is 0 Å². The number of allylic oxidation sites excluding steroid dienone is 1. The number of halogens is 3. The lowest BCUT2D eigenvalue weighted by atomic mass is 9.95. The fraction of sp³-hybridized carbons (Fsp3) is 0.541. The van der Waals surface area contributed by atoms with E-state index in [9.17, 15) is 9.59 Å². The number of anilines is 1. The molecule has 0 saturated heterocycles. The number of nitrogens with zero attached hydrogens (tertiary/aromatic N) is 4. The Morgan fingerprint density at radius 1 is 0.961 bits per heavy atom. The number of aryl methyl sites for hydroxylation is 1. The molecule has 4 bridgehead atoms. The molecule has 1 aromatic carbocycles. The number of carbonyl (C=O) groups is 2. The van der Waals surface area contributed by atoms with E-state index < -0.39 is 60.0 Å². The average molecular weight is 715 g/mol. The van der Waals surface area contributed by atoms with E-state index in [4.69, 9.17) is 23.4 Å². The minimum absolute atomic E-state index is 0.0267. The molecule has 1 unspecified atom stereocenters. The number of hydrogen-bond acceptors (Lipinski definition) is 10. The maximum Gasteiger partial charge on any atom is 0.426 e. The minimum atomic E-state index is -5.00. The van der Waals surface area contributed by atoms with E-state index >= 15 is 13.2 Å². The SMILES string of the molecule is Cc1cc(N(C(=O)OC(C)(C)C)C(=O)OC(C)(C)C)c2nc1OC(CC1CC1)CC=CCC[C@](OCc1ccccc1)(C(F)(F)F)c1nnc-2o1. The van der Waals surface area contributed by atoms with Crippen LogP contribution in [0.4, 0.5) is 28.4 Å². The van der Waals surface area contributed by atoms with Crippen LogP contribution in [0, 0.1) is 12.8 Å². The number of ether oxygens (including phenoxy) is 4. The topological polar surface area (TPSA) is 126 Å². The highest BCUT2D eigenvalue weighted by molar-refractivity contribution is 6.11. The molecule has 0 spiro atoms. The lowest BCUT2D eigenvalue weighted by molar-refractivity contribution is -0.299. The number of imide groups is 1.